The molecule has 1 fully saturated rings. The predicted octanol–water partition coefficient (Wildman–Crippen LogP) is 0.256. The Morgan fingerprint density at radius 1 is 1.25 bits per heavy atom. The largest absolute Gasteiger partial charge is 0.340 e. The van der Waals surface area contributed by atoms with Gasteiger partial charge in [0, 0.05) is 31.9 Å². The fourth-order valence-corrected chi connectivity index (χ4v) is 2.67. The van der Waals surface area contributed by atoms with E-state index >= 15 is 0 Å². The molecule has 0 saturated carbocycles. The number of anilines is 1. The molecule has 2 aliphatic heterocycles. The van der Waals surface area contributed by atoms with Crippen LogP contribution < -0.4 is 10.6 Å². The van der Waals surface area contributed by atoms with Gasteiger partial charge in [-0.3, -0.25) is 14.9 Å². The maximum absolute atomic E-state index is 12.9. The second-order valence-electron chi connectivity index (χ2n) is 6.01. The smallest absolute Gasteiger partial charge is 0.249 e. The van der Waals surface area contributed by atoms with E-state index in [1.807, 2.05) is 11.9 Å². The lowest BCUT2D eigenvalue weighted by atomic mass is 10.1. The zero-order chi connectivity index (χ0) is 17.1. The van der Waals surface area contributed by atoms with Crippen molar-refractivity contribution < 1.29 is 14.0 Å². The molecule has 7 nitrogen and oxygen atoms in total. The van der Waals surface area contributed by atoms with E-state index in [0.29, 0.717) is 11.6 Å². The molecule has 2 heterocycles. The lowest BCUT2D eigenvalue weighted by Crippen LogP contribution is -2.55. The van der Waals surface area contributed by atoms with Gasteiger partial charge >= 0.3 is 0 Å². The van der Waals surface area contributed by atoms with Crippen molar-refractivity contribution in [2.75, 3.05) is 38.5 Å². The number of nitrogens with one attached hydrogen (secondary N) is 2. The number of rotatable bonds is 2. The van der Waals surface area contributed by atoms with Crippen molar-refractivity contribution in [3.05, 3.63) is 30.1 Å². The maximum Gasteiger partial charge on any atom is 0.249 e. The maximum atomic E-state index is 12.9. The summed E-state index contributed by atoms with van der Waals surface area (Å²) in [6, 6.07) is 4.70. The minimum atomic E-state index is -0.779. The van der Waals surface area contributed by atoms with E-state index in [2.05, 4.69) is 20.5 Å². The first kappa shape index (κ1) is 16.4. The molecule has 0 bridgehead atoms. The summed E-state index contributed by atoms with van der Waals surface area (Å²) in [5, 5.41) is 5.42. The number of piperazine rings is 1. The second kappa shape index (κ2) is 6.96. The number of benzene rings is 1. The number of aliphatic imine (C=N–C) groups is 1. The molecule has 2 aliphatic rings. The van der Waals surface area contributed by atoms with Crippen molar-refractivity contribution in [2.45, 2.75) is 12.5 Å². The third-order valence-corrected chi connectivity index (χ3v) is 4.13. The molecule has 0 spiro atoms. The second-order valence-corrected chi connectivity index (χ2v) is 6.01. The summed E-state index contributed by atoms with van der Waals surface area (Å²) in [5.41, 5.74) is 0.476. The molecule has 0 aliphatic carbocycles. The average Bonchev–Trinajstić information content (AvgIpc) is 2.57. The Bertz CT molecular complexity index is 653. The van der Waals surface area contributed by atoms with Gasteiger partial charge in [-0.15, -0.1) is 0 Å². The summed E-state index contributed by atoms with van der Waals surface area (Å²) in [6.45, 7) is 3.26. The minimum Gasteiger partial charge on any atom is -0.340 e. The first-order valence-electron chi connectivity index (χ1n) is 7.89. The third kappa shape index (κ3) is 3.88. The van der Waals surface area contributed by atoms with Crippen LogP contribution in [-0.4, -0.2) is 66.8 Å². The fourth-order valence-electron chi connectivity index (χ4n) is 2.67. The van der Waals surface area contributed by atoms with Crippen LogP contribution in [0.4, 0.5) is 10.1 Å². The standard InChI is InChI=1S/C16H20FN5O2/c1-21-6-8-22(9-7-21)16-19-13(10-14(23)20-16)15(24)18-12-4-2-11(17)3-5-12/h2-5,13H,6-10H2,1H3,(H,18,24)(H,19,20,23)/t13-/m0/s1. The summed E-state index contributed by atoms with van der Waals surface area (Å²) in [6.07, 6.45) is 0.00424. The quantitative estimate of drug-likeness (QED) is 0.814. The molecule has 0 unspecified atom stereocenters. The molecule has 2 amide bonds. The molecule has 1 saturated heterocycles. The van der Waals surface area contributed by atoms with Crippen LogP contribution in [-0.2, 0) is 9.59 Å². The molecule has 3 rings (SSSR count). The van der Waals surface area contributed by atoms with E-state index < -0.39 is 6.04 Å². The molecular weight excluding hydrogens is 313 g/mol. The van der Waals surface area contributed by atoms with Crippen molar-refractivity contribution in [3.8, 4) is 0 Å². The Kier molecular flexibility index (Phi) is 4.75. The Hall–Kier alpha value is -2.48. The van der Waals surface area contributed by atoms with Crippen LogP contribution >= 0.6 is 0 Å². The molecule has 2 N–H and O–H groups in total. The van der Waals surface area contributed by atoms with Gasteiger partial charge in [-0.05, 0) is 31.3 Å². The Balaban J connectivity index is 1.69. The summed E-state index contributed by atoms with van der Waals surface area (Å²) in [5.74, 6) is -0.514. The highest BCUT2D eigenvalue weighted by Crippen LogP contribution is 2.13. The van der Waals surface area contributed by atoms with Crippen LogP contribution in [0.5, 0.6) is 0 Å². The molecule has 128 valence electrons. The third-order valence-electron chi connectivity index (χ3n) is 4.13. The summed E-state index contributed by atoms with van der Waals surface area (Å²) < 4.78 is 12.9. The number of amides is 2. The first-order chi connectivity index (χ1) is 11.5. The van der Waals surface area contributed by atoms with Crippen LogP contribution in [0.2, 0.25) is 0 Å². The van der Waals surface area contributed by atoms with Gasteiger partial charge in [-0.1, -0.05) is 0 Å². The van der Waals surface area contributed by atoms with Crippen molar-refractivity contribution in [3.63, 3.8) is 0 Å². The zero-order valence-electron chi connectivity index (χ0n) is 13.5. The van der Waals surface area contributed by atoms with Crippen molar-refractivity contribution >= 4 is 23.5 Å². The molecule has 1 atom stereocenters. The number of likely N-dealkylation sites (N-methyl/N-ethyl adjacent to an activating group) is 1. The van der Waals surface area contributed by atoms with Gasteiger partial charge in [0.15, 0.2) is 0 Å². The van der Waals surface area contributed by atoms with Gasteiger partial charge in [-0.25, -0.2) is 9.38 Å². The van der Waals surface area contributed by atoms with Crippen LogP contribution in [0, 0.1) is 5.82 Å². The van der Waals surface area contributed by atoms with E-state index in [4.69, 9.17) is 0 Å². The number of carbonyl (C=O) groups excluding carboxylic acids is 2. The van der Waals surface area contributed by atoms with Crippen molar-refractivity contribution in [1.29, 1.82) is 0 Å². The highest BCUT2D eigenvalue weighted by Gasteiger charge is 2.30. The van der Waals surface area contributed by atoms with Gasteiger partial charge in [0.25, 0.3) is 0 Å². The van der Waals surface area contributed by atoms with Crippen LogP contribution in [0.25, 0.3) is 0 Å². The molecule has 24 heavy (non-hydrogen) atoms. The monoisotopic (exact) mass is 333 g/mol. The van der Waals surface area contributed by atoms with Gasteiger partial charge in [0.2, 0.25) is 17.8 Å². The molecule has 1 aromatic rings. The normalized spacial score (nSPS) is 21.9. The van der Waals surface area contributed by atoms with E-state index in [-0.39, 0.29) is 24.1 Å². The van der Waals surface area contributed by atoms with Gasteiger partial charge in [0.05, 0.1) is 6.42 Å². The molecule has 8 heteroatoms. The molecule has 1 aromatic carbocycles. The number of carbonyl (C=O) groups is 2. The van der Waals surface area contributed by atoms with Gasteiger partial charge in [-0.2, -0.15) is 0 Å². The number of hydrogen-bond acceptors (Lipinski definition) is 5. The number of halogens is 1. The number of guanidine groups is 1. The number of nitrogens with zero attached hydrogens (tertiary/aromatic N) is 3. The van der Waals surface area contributed by atoms with E-state index in [0.717, 1.165) is 26.2 Å². The summed E-state index contributed by atoms with van der Waals surface area (Å²) in [7, 11) is 2.04. The molecular formula is C16H20FN5O2. The molecule has 0 aromatic heterocycles. The van der Waals surface area contributed by atoms with Crippen LogP contribution in [0.3, 0.4) is 0 Å². The Morgan fingerprint density at radius 3 is 2.58 bits per heavy atom. The fraction of sp³-hybridized carbons (Fsp3) is 0.438. The lowest BCUT2D eigenvalue weighted by molar-refractivity contribution is -0.125. The van der Waals surface area contributed by atoms with E-state index in [1.54, 1.807) is 0 Å². The topological polar surface area (TPSA) is 77.0 Å². The predicted molar refractivity (Wildman–Crippen MR) is 88.1 cm³/mol. The zero-order valence-corrected chi connectivity index (χ0v) is 13.5. The minimum absolute atomic E-state index is 0.00424. The highest BCUT2D eigenvalue weighted by molar-refractivity contribution is 6.05. The van der Waals surface area contributed by atoms with Crippen molar-refractivity contribution in [2.24, 2.45) is 4.99 Å². The van der Waals surface area contributed by atoms with Crippen molar-refractivity contribution in [1.82, 2.24) is 15.1 Å². The van der Waals surface area contributed by atoms with Crippen LogP contribution in [0.1, 0.15) is 6.42 Å². The first-order valence-corrected chi connectivity index (χ1v) is 7.89. The van der Waals surface area contributed by atoms with Crippen LogP contribution in [0.15, 0.2) is 29.3 Å². The highest BCUT2D eigenvalue weighted by atomic mass is 19.1. The summed E-state index contributed by atoms with van der Waals surface area (Å²) >= 11 is 0. The van der Waals surface area contributed by atoms with Gasteiger partial charge < -0.3 is 15.1 Å². The Morgan fingerprint density at radius 2 is 1.92 bits per heavy atom. The van der Waals surface area contributed by atoms with E-state index in [1.165, 1.54) is 24.3 Å². The number of hydrogen-bond donors (Lipinski definition) is 2. The van der Waals surface area contributed by atoms with Gasteiger partial charge in [0.1, 0.15) is 11.9 Å². The summed E-state index contributed by atoms with van der Waals surface area (Å²) in [4.78, 5) is 32.9. The average molecular weight is 333 g/mol. The Labute approximate surface area is 139 Å². The van der Waals surface area contributed by atoms with E-state index in [9.17, 15) is 14.0 Å². The SMILES string of the molecule is CN1CCN(C2=N[C@H](C(=O)Nc3ccc(F)cc3)CC(=O)N2)CC1. The lowest BCUT2D eigenvalue weighted by Gasteiger charge is -2.36. The molecule has 0 radical (unpaired) electrons.